The van der Waals surface area contributed by atoms with Crippen LogP contribution in [0.15, 0.2) is 12.1 Å². The Hall–Kier alpha value is -2.00. The summed E-state index contributed by atoms with van der Waals surface area (Å²) >= 11 is 6.04. The van der Waals surface area contributed by atoms with E-state index in [2.05, 4.69) is 0 Å². The van der Waals surface area contributed by atoms with Crippen LogP contribution in [0, 0.1) is 0 Å². The number of amides is 1. The van der Waals surface area contributed by atoms with Gasteiger partial charge >= 0.3 is 5.97 Å². The summed E-state index contributed by atoms with van der Waals surface area (Å²) in [5.41, 5.74) is 0.130. The lowest BCUT2D eigenvalue weighted by molar-refractivity contribution is -0.140. The first-order chi connectivity index (χ1) is 12.2. The van der Waals surface area contributed by atoms with Gasteiger partial charge in [-0.2, -0.15) is 0 Å². The smallest absolute Gasteiger partial charge is 0.339 e. The van der Waals surface area contributed by atoms with Crippen LogP contribution in [0.2, 0.25) is 5.02 Å². The van der Waals surface area contributed by atoms with Crippen molar-refractivity contribution in [2.45, 2.75) is 25.5 Å². The monoisotopic (exact) mass is 403 g/mol. The van der Waals surface area contributed by atoms with Gasteiger partial charge in [0.1, 0.15) is 0 Å². The molecule has 0 bridgehead atoms. The quantitative estimate of drug-likeness (QED) is 0.698. The van der Waals surface area contributed by atoms with E-state index in [1.807, 2.05) is 0 Å². The minimum atomic E-state index is -3.12. The standard InChI is InChI=1S/C16H18ClNO7S/c1-9(15(19)18(2)11-3-4-26(21,22)7-11)25-16(20)10-5-12(17)14-13(6-10)23-8-24-14/h5-6,9,11H,3-4,7-8H2,1-2H3/t9-,11-/m1/s1. The molecule has 0 saturated carbocycles. The lowest BCUT2D eigenvalue weighted by Gasteiger charge is -2.26. The third-order valence-corrected chi connectivity index (χ3v) is 6.43. The fourth-order valence-electron chi connectivity index (χ4n) is 2.91. The zero-order valence-corrected chi connectivity index (χ0v) is 15.8. The van der Waals surface area contributed by atoms with E-state index in [9.17, 15) is 18.0 Å². The van der Waals surface area contributed by atoms with Crippen LogP contribution in [-0.4, -0.2) is 62.7 Å². The van der Waals surface area contributed by atoms with Gasteiger partial charge in [-0.3, -0.25) is 4.79 Å². The summed E-state index contributed by atoms with van der Waals surface area (Å²) in [4.78, 5) is 26.1. The van der Waals surface area contributed by atoms with Crippen molar-refractivity contribution in [1.82, 2.24) is 4.90 Å². The predicted octanol–water partition coefficient (Wildman–Crippen LogP) is 1.26. The van der Waals surface area contributed by atoms with Gasteiger partial charge in [-0.1, -0.05) is 11.6 Å². The number of carbonyl (C=O) groups excluding carboxylic acids is 2. The van der Waals surface area contributed by atoms with Crippen LogP contribution in [0.5, 0.6) is 11.5 Å². The topological polar surface area (TPSA) is 99.2 Å². The maximum atomic E-state index is 12.4. The summed E-state index contributed by atoms with van der Waals surface area (Å²) in [5.74, 6) is -0.538. The molecule has 0 aliphatic carbocycles. The van der Waals surface area contributed by atoms with E-state index in [1.54, 1.807) is 0 Å². The second-order valence-electron chi connectivity index (χ2n) is 6.25. The van der Waals surface area contributed by atoms with Gasteiger partial charge in [-0.05, 0) is 25.5 Å². The van der Waals surface area contributed by atoms with Crippen molar-refractivity contribution in [2.24, 2.45) is 0 Å². The van der Waals surface area contributed by atoms with Crippen LogP contribution in [0.4, 0.5) is 0 Å². The highest BCUT2D eigenvalue weighted by atomic mass is 35.5. The average Bonchev–Trinajstić information content (AvgIpc) is 3.19. The zero-order chi connectivity index (χ0) is 19.1. The van der Waals surface area contributed by atoms with Crippen molar-refractivity contribution in [3.63, 3.8) is 0 Å². The average molecular weight is 404 g/mol. The number of halogens is 1. The minimum Gasteiger partial charge on any atom is -0.454 e. The molecule has 2 aliphatic rings. The Balaban J connectivity index is 1.66. The molecule has 0 radical (unpaired) electrons. The molecular formula is C16H18ClNO7S. The summed E-state index contributed by atoms with van der Waals surface area (Å²) < 4.78 is 38.7. The van der Waals surface area contributed by atoms with E-state index in [1.165, 1.54) is 31.0 Å². The molecule has 2 heterocycles. The fourth-order valence-corrected chi connectivity index (χ4v) is 4.95. The van der Waals surface area contributed by atoms with Crippen molar-refractivity contribution in [2.75, 3.05) is 25.3 Å². The number of likely N-dealkylation sites (N-methyl/N-ethyl adjacent to an activating group) is 1. The first kappa shape index (κ1) is 18.8. The molecule has 1 fully saturated rings. The minimum absolute atomic E-state index is 0.0114. The van der Waals surface area contributed by atoms with Crippen molar-refractivity contribution in [3.8, 4) is 11.5 Å². The fraction of sp³-hybridized carbons (Fsp3) is 0.500. The van der Waals surface area contributed by atoms with Crippen LogP contribution >= 0.6 is 11.6 Å². The SMILES string of the molecule is C[C@@H](OC(=O)c1cc(Cl)c2c(c1)OCO2)C(=O)N(C)[C@@H]1CCS(=O)(=O)C1. The van der Waals surface area contributed by atoms with Crippen LogP contribution in [-0.2, 0) is 19.4 Å². The highest BCUT2D eigenvalue weighted by Crippen LogP contribution is 2.40. The van der Waals surface area contributed by atoms with Gasteiger partial charge in [0.2, 0.25) is 6.79 Å². The van der Waals surface area contributed by atoms with Gasteiger partial charge in [-0.25, -0.2) is 13.2 Å². The van der Waals surface area contributed by atoms with E-state index in [0.717, 1.165) is 0 Å². The highest BCUT2D eigenvalue weighted by molar-refractivity contribution is 7.91. The molecule has 10 heteroatoms. The van der Waals surface area contributed by atoms with Gasteiger partial charge in [0, 0.05) is 13.1 Å². The van der Waals surface area contributed by atoms with Crippen molar-refractivity contribution < 1.29 is 32.2 Å². The Bertz CT molecular complexity index is 854. The third kappa shape index (κ3) is 3.73. The molecule has 0 spiro atoms. The first-order valence-electron chi connectivity index (χ1n) is 7.95. The number of hydrogen-bond acceptors (Lipinski definition) is 7. The first-order valence-corrected chi connectivity index (χ1v) is 10.1. The molecular weight excluding hydrogens is 386 g/mol. The number of benzene rings is 1. The number of esters is 1. The van der Waals surface area contributed by atoms with Gasteiger partial charge in [0.25, 0.3) is 5.91 Å². The Morgan fingerprint density at radius 2 is 2.08 bits per heavy atom. The summed E-state index contributed by atoms with van der Waals surface area (Å²) in [6.07, 6.45) is -0.691. The van der Waals surface area contributed by atoms with Gasteiger partial charge in [-0.15, -0.1) is 0 Å². The molecule has 0 unspecified atom stereocenters. The largest absolute Gasteiger partial charge is 0.454 e. The maximum Gasteiger partial charge on any atom is 0.339 e. The van der Waals surface area contributed by atoms with Crippen molar-refractivity contribution >= 4 is 33.3 Å². The molecule has 2 atom stereocenters. The van der Waals surface area contributed by atoms with E-state index in [-0.39, 0.29) is 28.9 Å². The summed E-state index contributed by atoms with van der Waals surface area (Å²) in [5, 5.41) is 0.208. The Kier molecular flexibility index (Phi) is 5.03. The number of fused-ring (bicyclic) bond motifs is 1. The molecule has 1 amide bonds. The third-order valence-electron chi connectivity index (χ3n) is 4.40. The second-order valence-corrected chi connectivity index (χ2v) is 8.88. The zero-order valence-electron chi connectivity index (χ0n) is 14.2. The molecule has 26 heavy (non-hydrogen) atoms. The Morgan fingerprint density at radius 3 is 2.73 bits per heavy atom. The van der Waals surface area contributed by atoms with Gasteiger partial charge in [0.05, 0.1) is 22.1 Å². The molecule has 142 valence electrons. The van der Waals surface area contributed by atoms with Crippen LogP contribution in [0.25, 0.3) is 0 Å². The molecule has 0 aromatic heterocycles. The van der Waals surface area contributed by atoms with Crippen molar-refractivity contribution in [3.05, 3.63) is 22.7 Å². The van der Waals surface area contributed by atoms with E-state index in [0.29, 0.717) is 17.9 Å². The number of ether oxygens (including phenoxy) is 3. The number of rotatable bonds is 4. The summed E-state index contributed by atoms with van der Waals surface area (Å²) in [6.45, 7) is 1.45. The maximum absolute atomic E-state index is 12.4. The van der Waals surface area contributed by atoms with Crippen LogP contribution in [0.1, 0.15) is 23.7 Å². The van der Waals surface area contributed by atoms with E-state index < -0.39 is 33.9 Å². The van der Waals surface area contributed by atoms with Gasteiger partial charge < -0.3 is 19.1 Å². The number of hydrogen-bond donors (Lipinski definition) is 0. The molecule has 8 nitrogen and oxygen atoms in total. The number of sulfone groups is 1. The van der Waals surface area contributed by atoms with Crippen LogP contribution < -0.4 is 9.47 Å². The molecule has 1 aromatic carbocycles. The molecule has 1 saturated heterocycles. The predicted molar refractivity (Wildman–Crippen MR) is 92.3 cm³/mol. The van der Waals surface area contributed by atoms with E-state index in [4.69, 9.17) is 25.8 Å². The second kappa shape index (κ2) is 6.96. The van der Waals surface area contributed by atoms with Crippen molar-refractivity contribution in [1.29, 1.82) is 0 Å². The van der Waals surface area contributed by atoms with Crippen LogP contribution in [0.3, 0.4) is 0 Å². The normalized spacial score (nSPS) is 21.3. The summed E-state index contributed by atoms with van der Waals surface area (Å²) in [7, 11) is -1.61. The molecule has 3 rings (SSSR count). The lowest BCUT2D eigenvalue weighted by atomic mass is 10.2. The summed E-state index contributed by atoms with van der Waals surface area (Å²) in [6, 6.07) is 2.40. The number of nitrogens with zero attached hydrogens (tertiary/aromatic N) is 1. The molecule has 2 aliphatic heterocycles. The lowest BCUT2D eigenvalue weighted by Crippen LogP contribution is -2.44. The van der Waals surface area contributed by atoms with Gasteiger partial charge in [0.15, 0.2) is 27.4 Å². The van der Waals surface area contributed by atoms with E-state index >= 15 is 0 Å². The Morgan fingerprint density at radius 1 is 1.35 bits per heavy atom. The molecule has 0 N–H and O–H groups in total. The number of carbonyl (C=O) groups is 2. The Labute approximate surface area is 155 Å². The molecule has 1 aromatic rings. The highest BCUT2D eigenvalue weighted by Gasteiger charge is 2.35.